The van der Waals surface area contributed by atoms with Crippen LogP contribution >= 0.6 is 0 Å². The van der Waals surface area contributed by atoms with Crippen LogP contribution in [0.5, 0.6) is 0 Å². The molecule has 2 aromatic rings. The van der Waals surface area contributed by atoms with Crippen molar-refractivity contribution in [3.63, 3.8) is 0 Å². The van der Waals surface area contributed by atoms with Crippen LogP contribution in [0, 0.1) is 0 Å². The SMILES string of the molecule is OC(Cc1ccn(C2CCCC2)n1)c1ccnnc1. The minimum Gasteiger partial charge on any atom is -0.388 e. The van der Waals surface area contributed by atoms with Gasteiger partial charge in [0, 0.05) is 24.4 Å². The molecule has 0 bridgehead atoms. The molecule has 0 amide bonds. The van der Waals surface area contributed by atoms with Gasteiger partial charge in [0.15, 0.2) is 0 Å². The van der Waals surface area contributed by atoms with Crippen molar-refractivity contribution >= 4 is 0 Å². The van der Waals surface area contributed by atoms with E-state index in [1.807, 2.05) is 12.3 Å². The highest BCUT2D eigenvalue weighted by Gasteiger charge is 2.18. The summed E-state index contributed by atoms with van der Waals surface area (Å²) in [5.41, 5.74) is 1.71. The smallest absolute Gasteiger partial charge is 0.0862 e. The van der Waals surface area contributed by atoms with Crippen LogP contribution in [0.3, 0.4) is 0 Å². The summed E-state index contributed by atoms with van der Waals surface area (Å²) in [5, 5.41) is 22.2. The molecule has 0 radical (unpaired) electrons. The number of hydrogen-bond acceptors (Lipinski definition) is 4. The van der Waals surface area contributed by atoms with Gasteiger partial charge in [-0.15, -0.1) is 0 Å². The molecule has 1 atom stereocenters. The fourth-order valence-electron chi connectivity index (χ4n) is 2.67. The van der Waals surface area contributed by atoms with Crippen LogP contribution in [0.25, 0.3) is 0 Å². The van der Waals surface area contributed by atoms with E-state index < -0.39 is 6.10 Å². The first kappa shape index (κ1) is 12.3. The zero-order chi connectivity index (χ0) is 13.1. The zero-order valence-electron chi connectivity index (χ0n) is 10.8. The van der Waals surface area contributed by atoms with Gasteiger partial charge in [-0.1, -0.05) is 12.8 Å². The van der Waals surface area contributed by atoms with Gasteiger partial charge in [-0.05, 0) is 25.0 Å². The van der Waals surface area contributed by atoms with Crippen molar-refractivity contribution in [3.8, 4) is 0 Å². The molecular formula is C14H18N4O. The molecule has 0 spiro atoms. The molecule has 1 N–H and O–H groups in total. The van der Waals surface area contributed by atoms with Crippen molar-refractivity contribution in [1.82, 2.24) is 20.0 Å². The van der Waals surface area contributed by atoms with Gasteiger partial charge >= 0.3 is 0 Å². The van der Waals surface area contributed by atoms with Crippen LogP contribution in [0.2, 0.25) is 0 Å². The Morgan fingerprint density at radius 3 is 2.84 bits per heavy atom. The van der Waals surface area contributed by atoms with Crippen LogP contribution in [-0.2, 0) is 6.42 Å². The van der Waals surface area contributed by atoms with E-state index in [1.54, 1.807) is 18.5 Å². The predicted octanol–water partition coefficient (Wildman–Crippen LogP) is 2.06. The normalized spacial score (nSPS) is 17.7. The van der Waals surface area contributed by atoms with Crippen molar-refractivity contribution in [1.29, 1.82) is 0 Å². The van der Waals surface area contributed by atoms with Crippen LogP contribution in [0.4, 0.5) is 0 Å². The third-order valence-electron chi connectivity index (χ3n) is 3.76. The Bertz CT molecular complexity index is 519. The van der Waals surface area contributed by atoms with Crippen LogP contribution in [-0.4, -0.2) is 25.1 Å². The van der Waals surface area contributed by atoms with E-state index in [4.69, 9.17) is 0 Å². The Balaban J connectivity index is 1.66. The second kappa shape index (κ2) is 5.48. The van der Waals surface area contributed by atoms with E-state index in [0.717, 1.165) is 11.3 Å². The van der Waals surface area contributed by atoms with Crippen molar-refractivity contribution in [2.45, 2.75) is 44.2 Å². The average molecular weight is 258 g/mol. The molecule has 5 nitrogen and oxygen atoms in total. The molecule has 2 heterocycles. The van der Waals surface area contributed by atoms with Crippen LogP contribution < -0.4 is 0 Å². The standard InChI is InChI=1S/C14H18N4O/c19-14(11-5-7-15-16-10-11)9-12-6-8-18(17-12)13-3-1-2-4-13/h5-8,10,13-14,19H,1-4,9H2. The zero-order valence-corrected chi connectivity index (χ0v) is 10.8. The molecule has 2 aromatic heterocycles. The molecule has 19 heavy (non-hydrogen) atoms. The van der Waals surface area contributed by atoms with E-state index in [9.17, 15) is 5.11 Å². The summed E-state index contributed by atoms with van der Waals surface area (Å²) in [6.45, 7) is 0. The highest BCUT2D eigenvalue weighted by Crippen LogP contribution is 2.29. The van der Waals surface area contributed by atoms with Crippen molar-refractivity contribution < 1.29 is 5.11 Å². The number of aliphatic hydroxyl groups excluding tert-OH is 1. The molecule has 0 aliphatic heterocycles. The lowest BCUT2D eigenvalue weighted by Crippen LogP contribution is -2.07. The molecule has 5 heteroatoms. The third kappa shape index (κ3) is 2.81. The highest BCUT2D eigenvalue weighted by atomic mass is 16.3. The number of rotatable bonds is 4. The summed E-state index contributed by atoms with van der Waals surface area (Å²) in [7, 11) is 0. The van der Waals surface area contributed by atoms with E-state index in [-0.39, 0.29) is 0 Å². The van der Waals surface area contributed by atoms with Gasteiger partial charge in [-0.25, -0.2) is 0 Å². The molecule has 0 saturated heterocycles. The first-order valence-electron chi connectivity index (χ1n) is 6.81. The summed E-state index contributed by atoms with van der Waals surface area (Å²) in [6, 6.07) is 4.33. The first-order chi connectivity index (χ1) is 9.33. The Labute approximate surface area is 112 Å². The summed E-state index contributed by atoms with van der Waals surface area (Å²) < 4.78 is 2.06. The van der Waals surface area contributed by atoms with Gasteiger partial charge in [0.25, 0.3) is 0 Å². The number of hydrogen-bond donors (Lipinski definition) is 1. The largest absolute Gasteiger partial charge is 0.388 e. The molecule has 1 saturated carbocycles. The molecule has 100 valence electrons. The molecule has 1 fully saturated rings. The Morgan fingerprint density at radius 1 is 1.26 bits per heavy atom. The van der Waals surface area contributed by atoms with Gasteiger partial charge < -0.3 is 5.11 Å². The summed E-state index contributed by atoms with van der Waals surface area (Å²) >= 11 is 0. The lowest BCUT2D eigenvalue weighted by atomic mass is 10.1. The quantitative estimate of drug-likeness (QED) is 0.911. The van der Waals surface area contributed by atoms with Crippen molar-refractivity contribution in [3.05, 3.63) is 42.0 Å². The first-order valence-corrected chi connectivity index (χ1v) is 6.81. The van der Waals surface area contributed by atoms with Crippen LogP contribution in [0.15, 0.2) is 30.7 Å². The molecular weight excluding hydrogens is 240 g/mol. The maximum absolute atomic E-state index is 10.1. The fourth-order valence-corrected chi connectivity index (χ4v) is 2.67. The molecule has 0 aromatic carbocycles. The number of nitrogens with zero attached hydrogens (tertiary/aromatic N) is 4. The second-order valence-corrected chi connectivity index (χ2v) is 5.12. The van der Waals surface area contributed by atoms with Crippen molar-refractivity contribution in [2.24, 2.45) is 0 Å². The molecule has 1 aliphatic carbocycles. The Hall–Kier alpha value is -1.75. The predicted molar refractivity (Wildman–Crippen MR) is 70.4 cm³/mol. The van der Waals surface area contributed by atoms with E-state index in [1.165, 1.54) is 25.7 Å². The fraction of sp³-hybridized carbons (Fsp3) is 0.500. The lowest BCUT2D eigenvalue weighted by molar-refractivity contribution is 0.176. The third-order valence-corrected chi connectivity index (χ3v) is 3.76. The van der Waals surface area contributed by atoms with Gasteiger partial charge in [0.05, 0.1) is 24.0 Å². The van der Waals surface area contributed by atoms with Crippen molar-refractivity contribution in [2.75, 3.05) is 0 Å². The van der Waals surface area contributed by atoms with Gasteiger partial charge in [-0.3, -0.25) is 4.68 Å². The topological polar surface area (TPSA) is 63.8 Å². The molecule has 1 aliphatic rings. The Kier molecular flexibility index (Phi) is 3.55. The lowest BCUT2D eigenvalue weighted by Gasteiger charge is -2.10. The summed E-state index contributed by atoms with van der Waals surface area (Å²) in [5.74, 6) is 0. The van der Waals surface area contributed by atoms with E-state index in [2.05, 4.69) is 20.0 Å². The second-order valence-electron chi connectivity index (χ2n) is 5.12. The Morgan fingerprint density at radius 2 is 2.11 bits per heavy atom. The molecule has 1 unspecified atom stereocenters. The minimum atomic E-state index is -0.567. The molecule has 3 rings (SSSR count). The van der Waals surface area contributed by atoms with E-state index in [0.29, 0.717) is 12.5 Å². The van der Waals surface area contributed by atoms with E-state index >= 15 is 0 Å². The summed E-state index contributed by atoms with van der Waals surface area (Å²) in [6.07, 6.45) is 10.2. The summed E-state index contributed by atoms with van der Waals surface area (Å²) in [4.78, 5) is 0. The number of aliphatic hydroxyl groups is 1. The minimum absolute atomic E-state index is 0.519. The maximum atomic E-state index is 10.1. The monoisotopic (exact) mass is 258 g/mol. The number of aromatic nitrogens is 4. The van der Waals surface area contributed by atoms with Gasteiger partial charge in [0.1, 0.15) is 0 Å². The highest BCUT2D eigenvalue weighted by molar-refractivity contribution is 5.13. The van der Waals surface area contributed by atoms with Crippen LogP contribution in [0.1, 0.15) is 49.1 Å². The average Bonchev–Trinajstić information content (AvgIpc) is 3.10. The van der Waals surface area contributed by atoms with Gasteiger partial charge in [0.2, 0.25) is 0 Å². The van der Waals surface area contributed by atoms with Gasteiger partial charge in [-0.2, -0.15) is 15.3 Å². The maximum Gasteiger partial charge on any atom is 0.0862 e.